The number of nitrogens with one attached hydrogen (secondary N) is 2. The van der Waals surface area contributed by atoms with E-state index in [1.807, 2.05) is 6.92 Å². The maximum absolute atomic E-state index is 12.1. The molecular weight excluding hydrogens is 311 g/mol. The molecule has 0 saturated carbocycles. The van der Waals surface area contributed by atoms with Crippen LogP contribution in [0, 0.1) is 6.92 Å². The largest absolute Gasteiger partial charge is 0.399 e. The number of nitrogen functional groups attached to an aromatic ring is 1. The van der Waals surface area contributed by atoms with Gasteiger partial charge in [-0.25, -0.2) is 0 Å². The van der Waals surface area contributed by atoms with Gasteiger partial charge in [-0.15, -0.1) is 0 Å². The van der Waals surface area contributed by atoms with E-state index in [-0.39, 0.29) is 16.0 Å². The molecule has 0 unspecified atom stereocenters. The Morgan fingerprint density at radius 1 is 1.43 bits per heavy atom. The number of rotatable bonds is 5. The van der Waals surface area contributed by atoms with Gasteiger partial charge in [-0.3, -0.25) is 9.89 Å². The number of halogens is 2. The van der Waals surface area contributed by atoms with Gasteiger partial charge in [0.15, 0.2) is 0 Å². The first-order chi connectivity index (χ1) is 9.99. The Bertz CT molecular complexity index is 654. The van der Waals surface area contributed by atoms with Gasteiger partial charge in [0, 0.05) is 17.9 Å². The van der Waals surface area contributed by atoms with Gasteiger partial charge >= 0.3 is 0 Å². The minimum absolute atomic E-state index is 0.217. The van der Waals surface area contributed by atoms with E-state index in [0.717, 1.165) is 24.1 Å². The third kappa shape index (κ3) is 3.89. The van der Waals surface area contributed by atoms with Crippen LogP contribution in [0.2, 0.25) is 10.0 Å². The van der Waals surface area contributed by atoms with E-state index in [0.29, 0.717) is 17.8 Å². The summed E-state index contributed by atoms with van der Waals surface area (Å²) >= 11 is 11.9. The Morgan fingerprint density at radius 3 is 2.86 bits per heavy atom. The highest BCUT2D eigenvalue weighted by Crippen LogP contribution is 2.28. The number of aryl methyl sites for hydroxylation is 2. The molecule has 1 aromatic heterocycles. The summed E-state index contributed by atoms with van der Waals surface area (Å²) in [6.07, 6.45) is 3.44. The maximum Gasteiger partial charge on any atom is 0.252 e. The molecule has 1 amide bonds. The standard InChI is InChI=1S/C14H16Cl2N4O/c1-8-9(7-19-20-8)3-2-4-18-14(21)11-5-10(17)6-12(15)13(11)16/h5-7H,2-4,17H2,1H3,(H,18,21)(H,19,20). The predicted octanol–water partition coefficient (Wildman–Crippen LogP) is 2.97. The van der Waals surface area contributed by atoms with Crippen molar-refractivity contribution >= 4 is 34.8 Å². The van der Waals surface area contributed by atoms with Gasteiger partial charge in [0.1, 0.15) is 0 Å². The number of H-pyrrole nitrogens is 1. The van der Waals surface area contributed by atoms with Crippen molar-refractivity contribution in [2.45, 2.75) is 19.8 Å². The normalized spacial score (nSPS) is 10.6. The first-order valence-electron chi connectivity index (χ1n) is 6.50. The Hall–Kier alpha value is -1.72. The quantitative estimate of drug-likeness (QED) is 0.583. The monoisotopic (exact) mass is 326 g/mol. The molecule has 0 atom stereocenters. The Morgan fingerprint density at radius 2 is 2.19 bits per heavy atom. The number of benzene rings is 1. The third-order valence-corrected chi connectivity index (χ3v) is 3.94. The Kier molecular flexibility index (Phi) is 5.09. The summed E-state index contributed by atoms with van der Waals surface area (Å²) in [5, 5.41) is 10.1. The molecule has 21 heavy (non-hydrogen) atoms. The van der Waals surface area contributed by atoms with E-state index >= 15 is 0 Å². The lowest BCUT2D eigenvalue weighted by atomic mass is 10.1. The van der Waals surface area contributed by atoms with Crippen LogP contribution in [0.3, 0.4) is 0 Å². The van der Waals surface area contributed by atoms with Crippen molar-refractivity contribution in [3.05, 3.63) is 45.2 Å². The minimum Gasteiger partial charge on any atom is -0.399 e. The van der Waals surface area contributed by atoms with Crippen molar-refractivity contribution in [2.75, 3.05) is 12.3 Å². The number of carbonyl (C=O) groups excluding carboxylic acids is 1. The predicted molar refractivity (Wildman–Crippen MR) is 84.9 cm³/mol. The average molecular weight is 327 g/mol. The van der Waals surface area contributed by atoms with Crippen LogP contribution < -0.4 is 11.1 Å². The van der Waals surface area contributed by atoms with Crippen LogP contribution >= 0.6 is 23.2 Å². The summed E-state index contributed by atoms with van der Waals surface area (Å²) in [4.78, 5) is 12.1. The lowest BCUT2D eigenvalue weighted by Gasteiger charge is -2.08. The van der Waals surface area contributed by atoms with Crippen LogP contribution in [0.1, 0.15) is 28.0 Å². The highest BCUT2D eigenvalue weighted by molar-refractivity contribution is 6.44. The number of nitrogens with two attached hydrogens (primary N) is 1. The molecule has 0 aliphatic carbocycles. The SMILES string of the molecule is Cc1[nH]ncc1CCCNC(=O)c1cc(N)cc(Cl)c1Cl. The zero-order valence-corrected chi connectivity index (χ0v) is 13.1. The molecule has 7 heteroatoms. The molecule has 4 N–H and O–H groups in total. The summed E-state index contributed by atoms with van der Waals surface area (Å²) in [5.41, 5.74) is 8.56. The molecule has 0 aliphatic rings. The number of hydrogen-bond donors (Lipinski definition) is 3. The molecule has 0 bridgehead atoms. The molecule has 5 nitrogen and oxygen atoms in total. The van der Waals surface area contributed by atoms with Gasteiger partial charge in [0.05, 0.1) is 21.8 Å². The topological polar surface area (TPSA) is 83.8 Å². The van der Waals surface area contributed by atoms with E-state index in [4.69, 9.17) is 28.9 Å². The molecule has 0 fully saturated rings. The summed E-state index contributed by atoms with van der Waals surface area (Å²) in [6, 6.07) is 3.03. The van der Waals surface area contributed by atoms with Gasteiger partial charge in [-0.1, -0.05) is 23.2 Å². The molecule has 1 aromatic carbocycles. The molecule has 0 saturated heterocycles. The maximum atomic E-state index is 12.1. The number of aromatic nitrogens is 2. The second-order valence-electron chi connectivity index (χ2n) is 4.74. The van der Waals surface area contributed by atoms with Gasteiger partial charge in [-0.05, 0) is 37.5 Å². The van der Waals surface area contributed by atoms with Crippen LogP contribution in [0.5, 0.6) is 0 Å². The van der Waals surface area contributed by atoms with Crippen LogP contribution in [0.25, 0.3) is 0 Å². The molecular formula is C14H16Cl2N4O. The number of carbonyl (C=O) groups is 1. The fraction of sp³-hybridized carbons (Fsp3) is 0.286. The summed E-state index contributed by atoms with van der Waals surface area (Å²) in [6.45, 7) is 2.50. The fourth-order valence-corrected chi connectivity index (χ4v) is 2.40. The van der Waals surface area contributed by atoms with Gasteiger partial charge in [-0.2, -0.15) is 5.10 Å². The molecule has 0 aliphatic heterocycles. The van der Waals surface area contributed by atoms with E-state index in [1.54, 1.807) is 6.20 Å². The van der Waals surface area contributed by atoms with Gasteiger partial charge in [0.2, 0.25) is 0 Å². The molecule has 2 rings (SSSR count). The first kappa shape index (κ1) is 15.7. The van der Waals surface area contributed by atoms with Crippen LogP contribution in [0.15, 0.2) is 18.3 Å². The Labute approximate surface area is 132 Å². The van der Waals surface area contributed by atoms with Gasteiger partial charge in [0.25, 0.3) is 5.91 Å². The van der Waals surface area contributed by atoms with Crippen molar-refractivity contribution in [2.24, 2.45) is 0 Å². The lowest BCUT2D eigenvalue weighted by Crippen LogP contribution is -2.25. The fourth-order valence-electron chi connectivity index (χ4n) is 1.98. The zero-order valence-electron chi connectivity index (χ0n) is 11.5. The molecule has 0 spiro atoms. The number of amides is 1. The molecule has 112 valence electrons. The molecule has 2 aromatic rings. The van der Waals surface area contributed by atoms with Crippen molar-refractivity contribution in [3.63, 3.8) is 0 Å². The lowest BCUT2D eigenvalue weighted by molar-refractivity contribution is 0.0953. The number of hydrogen-bond acceptors (Lipinski definition) is 3. The third-order valence-electron chi connectivity index (χ3n) is 3.14. The van der Waals surface area contributed by atoms with Crippen LogP contribution in [-0.2, 0) is 6.42 Å². The number of nitrogens with zero attached hydrogens (tertiary/aromatic N) is 1. The first-order valence-corrected chi connectivity index (χ1v) is 7.26. The van der Waals surface area contributed by atoms with Crippen molar-refractivity contribution in [1.29, 1.82) is 0 Å². The summed E-state index contributed by atoms with van der Waals surface area (Å²) in [7, 11) is 0. The molecule has 0 radical (unpaired) electrons. The van der Waals surface area contributed by atoms with E-state index in [1.165, 1.54) is 12.1 Å². The van der Waals surface area contributed by atoms with Gasteiger partial charge < -0.3 is 11.1 Å². The van der Waals surface area contributed by atoms with E-state index in [9.17, 15) is 4.79 Å². The summed E-state index contributed by atoms with van der Waals surface area (Å²) in [5.74, 6) is -0.280. The average Bonchev–Trinajstić information content (AvgIpc) is 2.84. The van der Waals surface area contributed by atoms with E-state index < -0.39 is 0 Å². The van der Waals surface area contributed by atoms with Crippen molar-refractivity contribution in [1.82, 2.24) is 15.5 Å². The van der Waals surface area contributed by atoms with E-state index in [2.05, 4.69) is 15.5 Å². The second kappa shape index (κ2) is 6.83. The smallest absolute Gasteiger partial charge is 0.252 e. The Balaban J connectivity index is 1.89. The molecule has 1 heterocycles. The minimum atomic E-state index is -0.280. The highest BCUT2D eigenvalue weighted by atomic mass is 35.5. The summed E-state index contributed by atoms with van der Waals surface area (Å²) < 4.78 is 0. The number of aromatic amines is 1. The van der Waals surface area contributed by atoms with Crippen LogP contribution in [-0.4, -0.2) is 22.6 Å². The zero-order chi connectivity index (χ0) is 15.4. The second-order valence-corrected chi connectivity index (χ2v) is 5.53. The van der Waals surface area contributed by atoms with Crippen LogP contribution in [0.4, 0.5) is 5.69 Å². The highest BCUT2D eigenvalue weighted by Gasteiger charge is 2.13. The number of anilines is 1. The van der Waals surface area contributed by atoms with Crippen molar-refractivity contribution < 1.29 is 4.79 Å². The van der Waals surface area contributed by atoms with Crippen molar-refractivity contribution in [3.8, 4) is 0 Å².